The van der Waals surface area contributed by atoms with Gasteiger partial charge in [0.05, 0.1) is 5.56 Å². The number of aryl methyl sites for hydroxylation is 3. The number of rotatable bonds is 2. The Kier molecular flexibility index (Phi) is 4.42. The molecule has 9 nitrogen and oxygen atoms in total. The fraction of sp³-hybridized carbons (Fsp3) is 0.471. The molecule has 1 saturated heterocycles. The van der Waals surface area contributed by atoms with Crippen LogP contribution in [0.15, 0.2) is 15.5 Å². The number of fused-ring (bicyclic) bond motifs is 1. The lowest BCUT2D eigenvalue weighted by atomic mass is 10.1. The lowest BCUT2D eigenvalue weighted by Crippen LogP contribution is -2.36. The Morgan fingerprint density at radius 2 is 2.04 bits per heavy atom. The molecule has 0 atom stereocenters. The molecule has 0 saturated carbocycles. The molecule has 0 aromatic carbocycles. The minimum Gasteiger partial charge on any atom is -0.442 e. The monoisotopic (exact) mass is 388 g/mol. The topological polar surface area (TPSA) is 97.4 Å². The molecule has 0 radical (unpaired) electrons. The first-order chi connectivity index (χ1) is 13.0. The summed E-state index contributed by atoms with van der Waals surface area (Å²) in [6.07, 6.45) is 2.21. The fourth-order valence-electron chi connectivity index (χ4n) is 3.33. The van der Waals surface area contributed by atoms with Crippen LogP contribution in [0.4, 0.5) is 5.13 Å². The molecule has 0 N–H and O–H groups in total. The van der Waals surface area contributed by atoms with Gasteiger partial charge in [-0.25, -0.2) is 9.97 Å². The van der Waals surface area contributed by atoms with Crippen molar-refractivity contribution < 1.29 is 9.21 Å². The maximum atomic E-state index is 13.2. The highest BCUT2D eigenvalue weighted by molar-refractivity contribution is 7.09. The zero-order valence-corrected chi connectivity index (χ0v) is 16.2. The zero-order valence-electron chi connectivity index (χ0n) is 15.4. The lowest BCUT2D eigenvalue weighted by Gasteiger charge is -2.21. The zero-order chi connectivity index (χ0) is 19.1. The van der Waals surface area contributed by atoms with Crippen LogP contribution in [-0.4, -0.2) is 55.9 Å². The standard InChI is InChI=1S/C17H20N6O3S/c1-10-12(13-14(26-10)18-9-21(3)15(13)24)16(25)22-5-4-6-23(8-7-22)17-19-11(2)20-27-17/h9H,4-8H2,1-3H3. The highest BCUT2D eigenvalue weighted by Gasteiger charge is 2.28. The van der Waals surface area contributed by atoms with E-state index in [1.807, 2.05) is 6.92 Å². The van der Waals surface area contributed by atoms with Crippen LogP contribution in [0, 0.1) is 13.8 Å². The summed E-state index contributed by atoms with van der Waals surface area (Å²) in [5.41, 5.74) is 0.250. The summed E-state index contributed by atoms with van der Waals surface area (Å²) in [6.45, 7) is 6.21. The second-order valence-corrected chi connectivity index (χ2v) is 7.36. The molecular weight excluding hydrogens is 368 g/mol. The van der Waals surface area contributed by atoms with E-state index in [1.54, 1.807) is 18.9 Å². The predicted molar refractivity (Wildman–Crippen MR) is 101 cm³/mol. The van der Waals surface area contributed by atoms with Crippen LogP contribution in [0.25, 0.3) is 11.1 Å². The van der Waals surface area contributed by atoms with Crippen molar-refractivity contribution in [2.24, 2.45) is 7.05 Å². The van der Waals surface area contributed by atoms with Crippen molar-refractivity contribution in [1.82, 2.24) is 23.8 Å². The maximum absolute atomic E-state index is 13.2. The van der Waals surface area contributed by atoms with Crippen LogP contribution in [-0.2, 0) is 7.05 Å². The molecule has 4 heterocycles. The number of anilines is 1. The van der Waals surface area contributed by atoms with Crippen molar-refractivity contribution in [2.45, 2.75) is 20.3 Å². The van der Waals surface area contributed by atoms with Crippen LogP contribution in [0.3, 0.4) is 0 Å². The molecule has 0 bridgehead atoms. The largest absolute Gasteiger partial charge is 0.442 e. The van der Waals surface area contributed by atoms with Crippen molar-refractivity contribution in [1.29, 1.82) is 0 Å². The van der Waals surface area contributed by atoms with Gasteiger partial charge in [0.25, 0.3) is 11.5 Å². The molecule has 3 aromatic heterocycles. The first-order valence-corrected chi connectivity index (χ1v) is 9.52. The normalized spacial score (nSPS) is 15.4. The number of carbonyl (C=O) groups is 1. The Hall–Kier alpha value is -2.75. The van der Waals surface area contributed by atoms with Crippen LogP contribution in [0.5, 0.6) is 0 Å². The summed E-state index contributed by atoms with van der Waals surface area (Å²) >= 11 is 1.37. The Bertz CT molecular complexity index is 1070. The third-order valence-electron chi connectivity index (χ3n) is 4.73. The van der Waals surface area contributed by atoms with Gasteiger partial charge in [-0.05, 0) is 20.3 Å². The fourth-order valence-corrected chi connectivity index (χ4v) is 4.05. The van der Waals surface area contributed by atoms with E-state index in [2.05, 4.69) is 19.2 Å². The van der Waals surface area contributed by atoms with Gasteiger partial charge in [0.2, 0.25) is 10.8 Å². The quantitative estimate of drug-likeness (QED) is 0.653. The maximum Gasteiger partial charge on any atom is 0.265 e. The molecule has 1 fully saturated rings. The molecule has 0 unspecified atom stereocenters. The number of furan rings is 1. The number of amides is 1. The Morgan fingerprint density at radius 3 is 2.78 bits per heavy atom. The van der Waals surface area contributed by atoms with Crippen LogP contribution in [0.1, 0.15) is 28.4 Å². The molecule has 3 aromatic rings. The summed E-state index contributed by atoms with van der Waals surface area (Å²) in [5, 5.41) is 1.13. The lowest BCUT2D eigenvalue weighted by molar-refractivity contribution is 0.0767. The van der Waals surface area contributed by atoms with E-state index in [1.165, 1.54) is 22.4 Å². The highest BCUT2D eigenvalue weighted by Crippen LogP contribution is 2.24. The van der Waals surface area contributed by atoms with Crippen LogP contribution in [0.2, 0.25) is 0 Å². The molecular formula is C17H20N6O3S. The van der Waals surface area contributed by atoms with Gasteiger partial charge < -0.3 is 18.8 Å². The second kappa shape index (κ2) is 6.76. The summed E-state index contributed by atoms with van der Waals surface area (Å²) < 4.78 is 11.2. The van der Waals surface area contributed by atoms with Gasteiger partial charge in [-0.2, -0.15) is 4.37 Å². The van der Waals surface area contributed by atoms with Gasteiger partial charge in [-0.15, -0.1) is 0 Å². The molecule has 0 aliphatic carbocycles. The molecule has 4 rings (SSSR count). The molecule has 27 heavy (non-hydrogen) atoms. The van der Waals surface area contributed by atoms with Crippen molar-refractivity contribution in [3.63, 3.8) is 0 Å². The van der Waals surface area contributed by atoms with Crippen molar-refractivity contribution in [2.75, 3.05) is 31.1 Å². The Balaban J connectivity index is 1.62. The number of carbonyl (C=O) groups excluding carboxylic acids is 1. The average molecular weight is 388 g/mol. The first-order valence-electron chi connectivity index (χ1n) is 8.75. The van der Waals surface area contributed by atoms with Crippen molar-refractivity contribution in [3.05, 3.63) is 33.8 Å². The Morgan fingerprint density at radius 1 is 1.22 bits per heavy atom. The van der Waals surface area contributed by atoms with Gasteiger partial charge in [-0.1, -0.05) is 0 Å². The minimum absolute atomic E-state index is 0.188. The van der Waals surface area contributed by atoms with E-state index in [0.29, 0.717) is 31.0 Å². The van der Waals surface area contributed by atoms with Crippen LogP contribution < -0.4 is 10.5 Å². The van der Waals surface area contributed by atoms with Gasteiger partial charge in [0.15, 0.2) is 0 Å². The summed E-state index contributed by atoms with van der Waals surface area (Å²) in [7, 11) is 1.61. The van der Waals surface area contributed by atoms with E-state index in [0.717, 1.165) is 23.9 Å². The van der Waals surface area contributed by atoms with E-state index < -0.39 is 0 Å². The predicted octanol–water partition coefficient (Wildman–Crippen LogP) is 1.35. The van der Waals surface area contributed by atoms with Crippen LogP contribution >= 0.6 is 11.5 Å². The van der Waals surface area contributed by atoms with Gasteiger partial charge in [-0.3, -0.25) is 9.59 Å². The number of aromatic nitrogens is 4. The second-order valence-electron chi connectivity index (χ2n) is 6.63. The summed E-state index contributed by atoms with van der Waals surface area (Å²) in [4.78, 5) is 38.2. The summed E-state index contributed by atoms with van der Waals surface area (Å²) in [6, 6.07) is 0. The average Bonchev–Trinajstić information content (AvgIpc) is 3.12. The molecule has 1 amide bonds. The van der Waals surface area contributed by atoms with Crippen molar-refractivity contribution >= 4 is 33.7 Å². The molecule has 0 spiro atoms. The van der Waals surface area contributed by atoms with Gasteiger partial charge in [0, 0.05) is 44.8 Å². The summed E-state index contributed by atoms with van der Waals surface area (Å²) in [5.74, 6) is 0.995. The van der Waals surface area contributed by atoms with E-state index in [4.69, 9.17) is 4.42 Å². The third-order valence-corrected chi connectivity index (χ3v) is 5.60. The first kappa shape index (κ1) is 17.7. The molecule has 1 aliphatic heterocycles. The highest BCUT2D eigenvalue weighted by atomic mass is 32.1. The SMILES string of the molecule is Cc1nsc(N2CCCN(C(=O)c3c(C)oc4ncn(C)c(=O)c34)CC2)n1. The molecule has 1 aliphatic rings. The van der Waals surface area contributed by atoms with Crippen molar-refractivity contribution in [3.8, 4) is 0 Å². The minimum atomic E-state index is -0.277. The Labute approximate surface area is 159 Å². The van der Waals surface area contributed by atoms with Gasteiger partial charge >= 0.3 is 0 Å². The molecule has 10 heteroatoms. The number of hydrogen-bond acceptors (Lipinski definition) is 8. The van der Waals surface area contributed by atoms with E-state index >= 15 is 0 Å². The molecule has 142 valence electrons. The number of hydrogen-bond donors (Lipinski definition) is 0. The third kappa shape index (κ3) is 3.09. The number of nitrogens with zero attached hydrogens (tertiary/aromatic N) is 6. The van der Waals surface area contributed by atoms with Gasteiger partial charge in [0.1, 0.15) is 23.3 Å². The van der Waals surface area contributed by atoms with E-state index in [-0.39, 0.29) is 22.6 Å². The van der Waals surface area contributed by atoms with E-state index in [9.17, 15) is 9.59 Å². The smallest absolute Gasteiger partial charge is 0.265 e.